The second-order valence-electron chi connectivity index (χ2n) is 14.3. The van der Waals surface area contributed by atoms with Crippen LogP contribution in [0.5, 0.6) is 0 Å². The number of rotatable bonds is 5. The number of carbonyl (C=O) groups is 4. The Morgan fingerprint density at radius 1 is 0.820 bits per heavy atom. The van der Waals surface area contributed by atoms with Gasteiger partial charge in [-0.1, -0.05) is 44.7 Å². The van der Waals surface area contributed by atoms with Gasteiger partial charge >= 0.3 is 11.9 Å². The average molecular weight is 679 g/mol. The van der Waals surface area contributed by atoms with E-state index in [2.05, 4.69) is 53.1 Å². The topological polar surface area (TPSA) is 125 Å². The Balaban J connectivity index is 0.000000157. The highest BCUT2D eigenvalue weighted by Crippen LogP contribution is 2.46. The largest absolute Gasteiger partial charge is 0.469 e. The molecule has 8 rings (SSSR count). The summed E-state index contributed by atoms with van der Waals surface area (Å²) in [5.41, 5.74) is 7.23. The van der Waals surface area contributed by atoms with Gasteiger partial charge in [0.15, 0.2) is 0 Å². The lowest BCUT2D eigenvalue weighted by atomic mass is 9.72. The number of nitrogens with one attached hydrogen (secondary N) is 2. The average Bonchev–Trinajstić information content (AvgIpc) is 3.78. The minimum atomic E-state index is -0.295. The van der Waals surface area contributed by atoms with Crippen LogP contribution < -0.4 is 0 Å². The van der Waals surface area contributed by atoms with E-state index in [4.69, 9.17) is 9.47 Å². The van der Waals surface area contributed by atoms with Crippen molar-refractivity contribution in [2.75, 3.05) is 27.3 Å². The van der Waals surface area contributed by atoms with E-state index in [9.17, 15) is 19.2 Å². The SMILES string of the molecule is C=CC(=O)N1CC(C(=O)OC)CC2c3cccc4[nH]cc(c34)CC21.CCC(C)C(=O)N1CC(C(=O)OC)CC2c3cccc4[nH]cc(c34)CC21. The zero-order valence-corrected chi connectivity index (χ0v) is 29.2. The van der Waals surface area contributed by atoms with E-state index in [1.807, 2.05) is 31.0 Å². The van der Waals surface area contributed by atoms with Crippen molar-refractivity contribution < 1.29 is 28.7 Å². The van der Waals surface area contributed by atoms with Crippen LogP contribution in [0.1, 0.15) is 67.2 Å². The van der Waals surface area contributed by atoms with Crippen molar-refractivity contribution in [1.29, 1.82) is 0 Å². The summed E-state index contributed by atoms with van der Waals surface area (Å²) in [6.07, 6.45) is 9.35. The number of amides is 2. The van der Waals surface area contributed by atoms with Crippen LogP contribution >= 0.6 is 0 Å². The van der Waals surface area contributed by atoms with Crippen molar-refractivity contribution in [3.8, 4) is 0 Å². The van der Waals surface area contributed by atoms with Crippen molar-refractivity contribution in [1.82, 2.24) is 19.8 Å². The number of piperidine rings is 2. The third kappa shape index (κ3) is 5.58. The van der Waals surface area contributed by atoms with Gasteiger partial charge in [-0.15, -0.1) is 0 Å². The smallest absolute Gasteiger partial charge is 0.310 e. The number of carbonyl (C=O) groups excluding carboxylic acids is 4. The molecule has 2 aromatic carbocycles. The van der Waals surface area contributed by atoms with Crippen LogP contribution in [-0.4, -0.2) is 82.9 Å². The fourth-order valence-electron chi connectivity index (χ4n) is 9.15. The summed E-state index contributed by atoms with van der Waals surface area (Å²) in [4.78, 5) is 60.4. The van der Waals surface area contributed by atoms with Crippen molar-refractivity contribution in [2.24, 2.45) is 17.8 Å². The van der Waals surface area contributed by atoms with Crippen molar-refractivity contribution in [3.05, 3.63) is 83.7 Å². The zero-order valence-electron chi connectivity index (χ0n) is 29.2. The quantitative estimate of drug-likeness (QED) is 0.208. The van der Waals surface area contributed by atoms with E-state index >= 15 is 0 Å². The van der Waals surface area contributed by atoms with Crippen LogP contribution in [0.25, 0.3) is 21.8 Å². The summed E-state index contributed by atoms with van der Waals surface area (Å²) < 4.78 is 9.98. The summed E-state index contributed by atoms with van der Waals surface area (Å²) in [6, 6.07) is 12.7. The van der Waals surface area contributed by atoms with Gasteiger partial charge in [0.05, 0.1) is 26.1 Å². The van der Waals surface area contributed by atoms with Crippen LogP contribution in [0.2, 0.25) is 0 Å². The molecular formula is C40H46N4O6. The Hall–Kier alpha value is -4.86. The monoisotopic (exact) mass is 678 g/mol. The van der Waals surface area contributed by atoms with Gasteiger partial charge in [-0.3, -0.25) is 19.2 Å². The summed E-state index contributed by atoms with van der Waals surface area (Å²) in [7, 11) is 2.83. The summed E-state index contributed by atoms with van der Waals surface area (Å²) in [5.74, 6) is -0.699. The molecule has 2 fully saturated rings. The number of aromatic amines is 2. The summed E-state index contributed by atoms with van der Waals surface area (Å²) in [5, 5.41) is 2.52. The molecule has 2 amide bonds. The summed E-state index contributed by atoms with van der Waals surface area (Å²) in [6.45, 7) is 8.50. The van der Waals surface area contributed by atoms with Crippen LogP contribution in [0, 0.1) is 17.8 Å². The summed E-state index contributed by atoms with van der Waals surface area (Å²) >= 11 is 0. The normalized spacial score (nSPS) is 25.4. The molecule has 2 N–H and O–H groups in total. The molecule has 2 aliphatic carbocycles. The first-order valence-electron chi connectivity index (χ1n) is 17.8. The van der Waals surface area contributed by atoms with Gasteiger partial charge in [-0.2, -0.15) is 0 Å². The molecule has 0 spiro atoms. The van der Waals surface area contributed by atoms with Crippen molar-refractivity contribution >= 4 is 45.6 Å². The second-order valence-corrected chi connectivity index (χ2v) is 14.3. The van der Waals surface area contributed by atoms with Gasteiger partial charge < -0.3 is 29.2 Å². The van der Waals surface area contributed by atoms with Gasteiger partial charge in [-0.25, -0.2) is 0 Å². The Bertz CT molecular complexity index is 1980. The van der Waals surface area contributed by atoms with Crippen LogP contribution in [0.15, 0.2) is 61.4 Å². The molecule has 2 aromatic heterocycles. The molecule has 7 atom stereocenters. The van der Waals surface area contributed by atoms with Gasteiger partial charge in [0, 0.05) is 77.1 Å². The van der Waals surface area contributed by atoms with Gasteiger partial charge in [0.1, 0.15) is 0 Å². The molecule has 0 bridgehead atoms. The standard InChI is InChI=1S/C21H26N2O3.C19H20N2O3/c1-4-12(2)20(24)23-11-14(21(25)26-3)8-16-15-6-5-7-17-19(15)13(10-22-17)9-18(16)23;1-3-17(22)21-10-12(19(23)24-2)7-14-13-5-4-6-15-18(13)11(9-20-15)8-16(14)21/h5-7,10,12,14,16,18,22H,4,8-9,11H2,1-3H3;3-6,9,12,14,16,20H,1,7-8,10H2,2H3. The minimum Gasteiger partial charge on any atom is -0.469 e. The number of fused-ring (bicyclic) bond motifs is 4. The lowest BCUT2D eigenvalue weighted by Gasteiger charge is -2.47. The van der Waals surface area contributed by atoms with E-state index in [0.717, 1.165) is 36.7 Å². The van der Waals surface area contributed by atoms with Crippen LogP contribution in [-0.2, 0) is 41.5 Å². The van der Waals surface area contributed by atoms with E-state index in [0.29, 0.717) is 19.5 Å². The highest BCUT2D eigenvalue weighted by molar-refractivity contribution is 5.92. The maximum Gasteiger partial charge on any atom is 0.310 e. The molecule has 7 unspecified atom stereocenters. The number of esters is 2. The number of likely N-dealkylation sites (tertiary alicyclic amines) is 2. The Kier molecular flexibility index (Phi) is 9.05. The molecule has 50 heavy (non-hydrogen) atoms. The lowest BCUT2D eigenvalue weighted by molar-refractivity contribution is -0.153. The highest BCUT2D eigenvalue weighted by atomic mass is 16.5. The molecule has 262 valence electrons. The fourth-order valence-corrected chi connectivity index (χ4v) is 9.15. The second kappa shape index (κ2) is 13.5. The van der Waals surface area contributed by atoms with Gasteiger partial charge in [0.25, 0.3) is 0 Å². The molecule has 0 saturated carbocycles. The molecular weight excluding hydrogens is 632 g/mol. The fraction of sp³-hybridized carbons (Fsp3) is 0.450. The third-order valence-electron chi connectivity index (χ3n) is 11.8. The Labute approximate surface area is 292 Å². The maximum atomic E-state index is 13.1. The van der Waals surface area contributed by atoms with E-state index in [1.54, 1.807) is 4.90 Å². The zero-order chi connectivity index (χ0) is 35.3. The minimum absolute atomic E-state index is 0.0320. The lowest BCUT2D eigenvalue weighted by Crippen LogP contribution is -2.55. The van der Waals surface area contributed by atoms with E-state index in [1.165, 1.54) is 53.3 Å². The number of nitrogens with zero attached hydrogens (tertiary/aromatic N) is 2. The first kappa shape index (κ1) is 33.6. The number of H-pyrrole nitrogens is 2. The Morgan fingerprint density at radius 3 is 1.76 bits per heavy atom. The molecule has 4 aliphatic rings. The first-order chi connectivity index (χ1) is 24.2. The molecule has 2 saturated heterocycles. The first-order valence-corrected chi connectivity index (χ1v) is 17.8. The molecule has 0 radical (unpaired) electrons. The number of hydrogen-bond acceptors (Lipinski definition) is 6. The van der Waals surface area contributed by atoms with E-state index in [-0.39, 0.29) is 65.4 Å². The van der Waals surface area contributed by atoms with Crippen molar-refractivity contribution in [3.63, 3.8) is 0 Å². The molecule has 4 heterocycles. The molecule has 10 nitrogen and oxygen atoms in total. The van der Waals surface area contributed by atoms with Crippen LogP contribution in [0.4, 0.5) is 0 Å². The van der Waals surface area contributed by atoms with Crippen LogP contribution in [0.3, 0.4) is 0 Å². The van der Waals surface area contributed by atoms with Gasteiger partial charge in [-0.05, 0) is 72.6 Å². The number of hydrogen-bond donors (Lipinski definition) is 2. The van der Waals surface area contributed by atoms with Gasteiger partial charge in [0.2, 0.25) is 11.8 Å². The molecule has 4 aromatic rings. The highest BCUT2D eigenvalue weighted by Gasteiger charge is 2.46. The third-order valence-corrected chi connectivity index (χ3v) is 11.8. The number of methoxy groups -OCH3 is 2. The predicted molar refractivity (Wildman–Crippen MR) is 190 cm³/mol. The Morgan fingerprint density at radius 2 is 1.30 bits per heavy atom. The van der Waals surface area contributed by atoms with Crippen molar-refractivity contribution in [2.45, 2.75) is 69.9 Å². The number of ether oxygens (including phenoxy) is 2. The predicted octanol–water partition coefficient (Wildman–Crippen LogP) is 5.63. The molecule has 2 aliphatic heterocycles. The molecule has 10 heteroatoms. The number of benzene rings is 2. The van der Waals surface area contributed by atoms with E-state index < -0.39 is 0 Å². The maximum absolute atomic E-state index is 13.1. The number of aromatic nitrogens is 2.